The van der Waals surface area contributed by atoms with Gasteiger partial charge in [-0.2, -0.15) is 0 Å². The van der Waals surface area contributed by atoms with E-state index in [2.05, 4.69) is 27.2 Å². The SMILES string of the molecule is CN[C@H]1COc2ccc(CNS(=O)(=O)c3cn(C)cn3)cc2[C@@H]1Cc1ccccc1. The van der Waals surface area contributed by atoms with Gasteiger partial charge in [0.15, 0.2) is 5.03 Å². The zero-order chi connectivity index (χ0) is 21.1. The summed E-state index contributed by atoms with van der Waals surface area (Å²) in [6.45, 7) is 0.793. The van der Waals surface area contributed by atoms with Crippen LogP contribution < -0.4 is 14.8 Å². The first-order chi connectivity index (χ1) is 14.5. The molecule has 1 aliphatic rings. The fourth-order valence-corrected chi connectivity index (χ4v) is 4.82. The molecule has 0 aliphatic carbocycles. The average Bonchev–Trinajstić information content (AvgIpc) is 3.21. The van der Waals surface area contributed by atoms with Crippen LogP contribution in [0.5, 0.6) is 5.75 Å². The lowest BCUT2D eigenvalue weighted by Gasteiger charge is -2.34. The molecule has 3 aromatic rings. The van der Waals surface area contributed by atoms with E-state index in [1.54, 1.807) is 11.6 Å². The minimum Gasteiger partial charge on any atom is -0.492 e. The summed E-state index contributed by atoms with van der Waals surface area (Å²) in [4.78, 5) is 3.93. The lowest BCUT2D eigenvalue weighted by molar-refractivity contribution is 0.218. The fourth-order valence-electron chi connectivity index (χ4n) is 3.83. The van der Waals surface area contributed by atoms with E-state index in [1.165, 1.54) is 18.1 Å². The second kappa shape index (κ2) is 8.59. The predicted molar refractivity (Wildman–Crippen MR) is 115 cm³/mol. The van der Waals surface area contributed by atoms with E-state index >= 15 is 0 Å². The first-order valence-corrected chi connectivity index (χ1v) is 11.4. The maximum absolute atomic E-state index is 12.5. The fraction of sp³-hybridized carbons (Fsp3) is 0.318. The van der Waals surface area contributed by atoms with Gasteiger partial charge in [-0.3, -0.25) is 0 Å². The number of aryl methyl sites for hydroxylation is 1. The van der Waals surface area contributed by atoms with Crippen LogP contribution in [0.2, 0.25) is 0 Å². The Kier molecular flexibility index (Phi) is 5.90. The van der Waals surface area contributed by atoms with Gasteiger partial charge in [-0.05, 0) is 36.2 Å². The number of fused-ring (bicyclic) bond motifs is 1. The number of benzene rings is 2. The third-order valence-electron chi connectivity index (χ3n) is 5.47. The minimum absolute atomic E-state index is 0.0171. The number of imidazole rings is 1. The van der Waals surface area contributed by atoms with Crippen LogP contribution in [0.1, 0.15) is 22.6 Å². The van der Waals surface area contributed by atoms with E-state index in [4.69, 9.17) is 4.74 Å². The molecule has 0 amide bonds. The van der Waals surface area contributed by atoms with Gasteiger partial charge in [-0.15, -0.1) is 0 Å². The molecule has 0 fully saturated rings. The van der Waals surface area contributed by atoms with Crippen molar-refractivity contribution >= 4 is 10.0 Å². The molecule has 2 aromatic carbocycles. The highest BCUT2D eigenvalue weighted by Gasteiger charge is 2.30. The van der Waals surface area contributed by atoms with Crippen molar-refractivity contribution in [3.63, 3.8) is 0 Å². The molecule has 4 rings (SSSR count). The number of hydrogen-bond donors (Lipinski definition) is 2. The highest BCUT2D eigenvalue weighted by Crippen LogP contribution is 2.36. The molecule has 2 N–H and O–H groups in total. The van der Waals surface area contributed by atoms with Crippen LogP contribution in [0.4, 0.5) is 0 Å². The van der Waals surface area contributed by atoms with E-state index < -0.39 is 10.0 Å². The Morgan fingerprint density at radius 2 is 1.97 bits per heavy atom. The summed E-state index contributed by atoms with van der Waals surface area (Å²) >= 11 is 0. The van der Waals surface area contributed by atoms with Crippen LogP contribution in [-0.2, 0) is 30.0 Å². The van der Waals surface area contributed by atoms with Gasteiger partial charge in [-0.1, -0.05) is 42.5 Å². The van der Waals surface area contributed by atoms with Crippen molar-refractivity contribution in [3.05, 3.63) is 77.7 Å². The largest absolute Gasteiger partial charge is 0.492 e. The first-order valence-electron chi connectivity index (χ1n) is 9.91. The van der Waals surface area contributed by atoms with E-state index in [-0.39, 0.29) is 23.5 Å². The van der Waals surface area contributed by atoms with E-state index in [0.29, 0.717) is 6.61 Å². The number of ether oxygens (including phenoxy) is 1. The van der Waals surface area contributed by atoms with Crippen molar-refractivity contribution in [2.24, 2.45) is 7.05 Å². The third kappa shape index (κ3) is 4.40. The van der Waals surface area contributed by atoms with Gasteiger partial charge in [0.25, 0.3) is 10.0 Å². The van der Waals surface area contributed by atoms with Crippen LogP contribution in [-0.4, -0.2) is 37.7 Å². The zero-order valence-corrected chi connectivity index (χ0v) is 17.9. The highest BCUT2D eigenvalue weighted by atomic mass is 32.2. The number of rotatable bonds is 7. The highest BCUT2D eigenvalue weighted by molar-refractivity contribution is 7.89. The molecule has 7 nitrogen and oxygen atoms in total. The van der Waals surface area contributed by atoms with Crippen LogP contribution in [0.3, 0.4) is 0 Å². The molecule has 30 heavy (non-hydrogen) atoms. The molecule has 2 heterocycles. The molecule has 0 unspecified atom stereocenters. The molecule has 0 radical (unpaired) electrons. The molecule has 1 aromatic heterocycles. The monoisotopic (exact) mass is 426 g/mol. The standard InChI is InChI=1S/C22H26N4O3S/c1-23-20-14-29-21-9-8-17(12-25-30(27,28)22-13-26(2)15-24-22)11-19(21)18(20)10-16-6-4-3-5-7-16/h3-9,11,13,15,18,20,23,25H,10,12,14H2,1-2H3/t18-,20-/m0/s1. The lowest BCUT2D eigenvalue weighted by atomic mass is 9.83. The maximum Gasteiger partial charge on any atom is 0.259 e. The van der Waals surface area contributed by atoms with Gasteiger partial charge in [0.1, 0.15) is 12.4 Å². The molecule has 8 heteroatoms. The Labute approximate surface area is 177 Å². The summed E-state index contributed by atoms with van der Waals surface area (Å²) < 4.78 is 35.2. The maximum atomic E-state index is 12.5. The van der Waals surface area contributed by atoms with Gasteiger partial charge >= 0.3 is 0 Å². The van der Waals surface area contributed by atoms with Crippen LogP contribution >= 0.6 is 0 Å². The van der Waals surface area contributed by atoms with Gasteiger partial charge in [-0.25, -0.2) is 18.1 Å². The Bertz CT molecular complexity index is 1110. The Morgan fingerprint density at radius 3 is 2.67 bits per heavy atom. The van der Waals surface area contributed by atoms with Crippen LogP contribution in [0, 0.1) is 0 Å². The van der Waals surface area contributed by atoms with Gasteiger partial charge in [0.05, 0.1) is 6.33 Å². The van der Waals surface area contributed by atoms with E-state index in [1.807, 2.05) is 43.4 Å². The number of aromatic nitrogens is 2. The summed E-state index contributed by atoms with van der Waals surface area (Å²) in [5.74, 6) is 1.09. The molecule has 0 bridgehead atoms. The molecule has 0 saturated heterocycles. The number of likely N-dealkylation sites (N-methyl/N-ethyl adjacent to an activating group) is 1. The minimum atomic E-state index is -3.66. The summed E-state index contributed by atoms with van der Waals surface area (Å²) in [6.07, 6.45) is 3.83. The first kappa shape index (κ1) is 20.6. The number of nitrogens with one attached hydrogen (secondary N) is 2. The predicted octanol–water partition coefficient (Wildman–Crippen LogP) is 2.21. The Balaban J connectivity index is 1.57. The number of sulfonamides is 1. The lowest BCUT2D eigenvalue weighted by Crippen LogP contribution is -2.41. The third-order valence-corrected chi connectivity index (χ3v) is 6.76. The van der Waals surface area contributed by atoms with Crippen molar-refractivity contribution in [1.82, 2.24) is 19.6 Å². The summed E-state index contributed by atoms with van der Waals surface area (Å²) in [7, 11) is 0.0210. The average molecular weight is 427 g/mol. The topological polar surface area (TPSA) is 85.3 Å². The van der Waals surface area contributed by atoms with Crippen LogP contribution in [0.15, 0.2) is 66.1 Å². The number of nitrogens with zero attached hydrogens (tertiary/aromatic N) is 2. The van der Waals surface area contributed by atoms with Crippen molar-refractivity contribution < 1.29 is 13.2 Å². The van der Waals surface area contributed by atoms with E-state index in [9.17, 15) is 8.42 Å². The molecule has 158 valence electrons. The summed E-state index contributed by atoms with van der Waals surface area (Å²) in [5.41, 5.74) is 3.24. The normalized spacial score (nSPS) is 18.6. The summed E-state index contributed by atoms with van der Waals surface area (Å²) in [6, 6.07) is 16.4. The van der Waals surface area contributed by atoms with Gasteiger partial charge < -0.3 is 14.6 Å². The van der Waals surface area contributed by atoms with Crippen molar-refractivity contribution in [2.75, 3.05) is 13.7 Å². The second-order valence-corrected chi connectivity index (χ2v) is 9.29. The van der Waals surface area contributed by atoms with Gasteiger partial charge in [0, 0.05) is 31.7 Å². The number of hydrogen-bond acceptors (Lipinski definition) is 5. The quantitative estimate of drug-likeness (QED) is 0.605. The van der Waals surface area contributed by atoms with Crippen LogP contribution in [0.25, 0.3) is 0 Å². The van der Waals surface area contributed by atoms with Crippen molar-refractivity contribution in [3.8, 4) is 5.75 Å². The Hall–Kier alpha value is -2.68. The second-order valence-electron chi connectivity index (χ2n) is 7.58. The molecule has 0 saturated carbocycles. The van der Waals surface area contributed by atoms with E-state index in [0.717, 1.165) is 23.3 Å². The molecular weight excluding hydrogens is 400 g/mol. The summed E-state index contributed by atoms with van der Waals surface area (Å²) in [5, 5.41) is 3.38. The zero-order valence-electron chi connectivity index (χ0n) is 17.1. The Morgan fingerprint density at radius 1 is 1.17 bits per heavy atom. The van der Waals surface area contributed by atoms with Crippen molar-refractivity contribution in [2.45, 2.75) is 30.0 Å². The molecule has 1 aliphatic heterocycles. The smallest absolute Gasteiger partial charge is 0.259 e. The molecule has 2 atom stereocenters. The molecular formula is C22H26N4O3S. The van der Waals surface area contributed by atoms with Gasteiger partial charge in [0.2, 0.25) is 0 Å². The van der Waals surface area contributed by atoms with Crippen molar-refractivity contribution in [1.29, 1.82) is 0 Å². The molecule has 0 spiro atoms.